The van der Waals surface area contributed by atoms with Crippen molar-refractivity contribution in [1.82, 2.24) is 0 Å². The minimum atomic E-state index is -0.423. The fraction of sp³-hybridized carbons (Fsp3) is 0.200. The van der Waals surface area contributed by atoms with E-state index in [1.165, 1.54) is 16.7 Å². The maximum Gasteiger partial charge on any atom is 0.0909 e. The standard InChI is InChI=1S/C15H16O/c1-12(11-13-5-3-2-4-6-13)14-7-9-15(16)10-8-14/h2-10,15-16H,11H2,1H3. The first-order valence-corrected chi connectivity index (χ1v) is 5.54. The van der Waals surface area contributed by atoms with Crippen LogP contribution in [-0.4, -0.2) is 11.2 Å². The van der Waals surface area contributed by atoms with E-state index in [9.17, 15) is 5.11 Å². The third-order valence-corrected chi connectivity index (χ3v) is 2.75. The minimum absolute atomic E-state index is 0.423. The number of hydrogen-bond donors (Lipinski definition) is 1. The van der Waals surface area contributed by atoms with E-state index in [0.29, 0.717) is 0 Å². The van der Waals surface area contributed by atoms with Gasteiger partial charge in [0.25, 0.3) is 0 Å². The van der Waals surface area contributed by atoms with E-state index < -0.39 is 6.10 Å². The number of rotatable bonds is 2. The van der Waals surface area contributed by atoms with E-state index >= 15 is 0 Å². The van der Waals surface area contributed by atoms with Crippen molar-refractivity contribution in [3.8, 4) is 0 Å². The molecule has 0 aliphatic heterocycles. The van der Waals surface area contributed by atoms with Crippen molar-refractivity contribution in [3.63, 3.8) is 0 Å². The number of allylic oxidation sites excluding steroid dienone is 4. The summed E-state index contributed by atoms with van der Waals surface area (Å²) >= 11 is 0. The van der Waals surface area contributed by atoms with Gasteiger partial charge in [-0.2, -0.15) is 0 Å². The monoisotopic (exact) mass is 212 g/mol. The Morgan fingerprint density at radius 1 is 1.12 bits per heavy atom. The smallest absolute Gasteiger partial charge is 0.0909 e. The largest absolute Gasteiger partial charge is 0.385 e. The zero-order valence-electron chi connectivity index (χ0n) is 9.43. The minimum Gasteiger partial charge on any atom is -0.385 e. The van der Waals surface area contributed by atoms with Crippen LogP contribution in [0.25, 0.3) is 0 Å². The van der Waals surface area contributed by atoms with Gasteiger partial charge in [0.05, 0.1) is 6.10 Å². The van der Waals surface area contributed by atoms with Crippen LogP contribution >= 0.6 is 0 Å². The normalized spacial score (nSPS) is 18.9. The molecule has 0 heterocycles. The number of hydrogen-bond acceptors (Lipinski definition) is 1. The van der Waals surface area contributed by atoms with Crippen LogP contribution in [0.2, 0.25) is 0 Å². The number of benzene rings is 1. The van der Waals surface area contributed by atoms with Crippen LogP contribution in [-0.2, 0) is 6.42 Å². The molecule has 1 aromatic carbocycles. The van der Waals surface area contributed by atoms with Crippen molar-refractivity contribution in [2.45, 2.75) is 19.4 Å². The third-order valence-electron chi connectivity index (χ3n) is 2.75. The summed E-state index contributed by atoms with van der Waals surface area (Å²) in [4.78, 5) is 0. The lowest BCUT2D eigenvalue weighted by Gasteiger charge is -2.10. The first-order chi connectivity index (χ1) is 7.75. The molecule has 82 valence electrons. The van der Waals surface area contributed by atoms with Crippen LogP contribution in [0.5, 0.6) is 0 Å². The highest BCUT2D eigenvalue weighted by molar-refractivity contribution is 5.41. The predicted octanol–water partition coefficient (Wildman–Crippen LogP) is 3.03. The van der Waals surface area contributed by atoms with Crippen molar-refractivity contribution in [3.05, 3.63) is 71.3 Å². The lowest BCUT2D eigenvalue weighted by Crippen LogP contribution is -2.01. The Labute approximate surface area is 96.4 Å². The predicted molar refractivity (Wildman–Crippen MR) is 67.1 cm³/mol. The van der Waals surface area contributed by atoms with Gasteiger partial charge < -0.3 is 5.11 Å². The highest BCUT2D eigenvalue weighted by atomic mass is 16.3. The molecule has 0 aromatic heterocycles. The molecule has 16 heavy (non-hydrogen) atoms. The molecule has 0 saturated carbocycles. The van der Waals surface area contributed by atoms with Crippen molar-refractivity contribution in [1.29, 1.82) is 0 Å². The SMILES string of the molecule is CC(Cc1ccccc1)=C1C=CC(O)C=C1. The highest BCUT2D eigenvalue weighted by Gasteiger charge is 2.03. The molecule has 1 heteroatoms. The molecule has 2 rings (SSSR count). The highest BCUT2D eigenvalue weighted by Crippen LogP contribution is 2.17. The topological polar surface area (TPSA) is 20.2 Å². The molecular weight excluding hydrogens is 196 g/mol. The molecule has 0 amide bonds. The molecule has 0 radical (unpaired) electrons. The van der Waals surface area contributed by atoms with Gasteiger partial charge in [-0.3, -0.25) is 0 Å². The Bertz CT molecular complexity index is 422. The molecule has 1 aliphatic carbocycles. The van der Waals surface area contributed by atoms with Gasteiger partial charge in [0.1, 0.15) is 0 Å². The molecule has 0 unspecified atom stereocenters. The van der Waals surface area contributed by atoms with Crippen molar-refractivity contribution in [2.75, 3.05) is 0 Å². The van der Waals surface area contributed by atoms with Crippen LogP contribution in [0.15, 0.2) is 65.8 Å². The van der Waals surface area contributed by atoms with Gasteiger partial charge in [0.2, 0.25) is 0 Å². The number of aliphatic hydroxyl groups is 1. The van der Waals surface area contributed by atoms with E-state index in [2.05, 4.69) is 31.2 Å². The Morgan fingerprint density at radius 2 is 1.75 bits per heavy atom. The van der Waals surface area contributed by atoms with Gasteiger partial charge in [-0.15, -0.1) is 0 Å². The maximum atomic E-state index is 9.30. The summed E-state index contributed by atoms with van der Waals surface area (Å²) in [5.41, 5.74) is 3.85. The van der Waals surface area contributed by atoms with E-state index in [0.717, 1.165) is 6.42 Å². The van der Waals surface area contributed by atoms with E-state index in [4.69, 9.17) is 0 Å². The quantitative estimate of drug-likeness (QED) is 0.799. The molecule has 0 atom stereocenters. The third kappa shape index (κ3) is 2.71. The molecular formula is C15H16O. The van der Waals surface area contributed by atoms with Gasteiger partial charge in [-0.05, 0) is 24.5 Å². The van der Waals surface area contributed by atoms with Crippen LogP contribution in [0, 0.1) is 0 Å². The molecule has 0 spiro atoms. The molecule has 0 bridgehead atoms. The lowest BCUT2D eigenvalue weighted by molar-refractivity contribution is 0.270. The first kappa shape index (κ1) is 10.9. The molecule has 1 aliphatic rings. The average molecular weight is 212 g/mol. The Hall–Kier alpha value is -1.60. The summed E-state index contributed by atoms with van der Waals surface area (Å²) in [6.07, 6.45) is 8.13. The van der Waals surface area contributed by atoms with Crippen molar-refractivity contribution in [2.24, 2.45) is 0 Å². The van der Waals surface area contributed by atoms with E-state index in [1.54, 1.807) is 0 Å². The summed E-state index contributed by atoms with van der Waals surface area (Å²) in [6.45, 7) is 2.13. The van der Waals surface area contributed by atoms with E-state index in [1.807, 2.05) is 30.4 Å². The zero-order chi connectivity index (χ0) is 11.4. The molecule has 1 nitrogen and oxygen atoms in total. The second-order valence-corrected chi connectivity index (χ2v) is 4.11. The maximum absolute atomic E-state index is 9.30. The second-order valence-electron chi connectivity index (χ2n) is 4.11. The van der Waals surface area contributed by atoms with Crippen LogP contribution < -0.4 is 0 Å². The summed E-state index contributed by atoms with van der Waals surface area (Å²) in [5, 5.41) is 9.30. The fourth-order valence-electron chi connectivity index (χ4n) is 1.81. The molecule has 1 N–H and O–H groups in total. The summed E-state index contributed by atoms with van der Waals surface area (Å²) in [7, 11) is 0. The first-order valence-electron chi connectivity index (χ1n) is 5.54. The number of aliphatic hydroxyl groups excluding tert-OH is 1. The lowest BCUT2D eigenvalue weighted by atomic mass is 9.98. The van der Waals surface area contributed by atoms with Crippen molar-refractivity contribution >= 4 is 0 Å². The molecule has 0 fully saturated rings. The average Bonchev–Trinajstić information content (AvgIpc) is 2.31. The zero-order valence-corrected chi connectivity index (χ0v) is 9.43. The van der Waals surface area contributed by atoms with E-state index in [-0.39, 0.29) is 0 Å². The van der Waals surface area contributed by atoms with Gasteiger partial charge in [0.15, 0.2) is 0 Å². The van der Waals surface area contributed by atoms with Gasteiger partial charge in [-0.1, -0.05) is 60.2 Å². The second kappa shape index (κ2) is 4.95. The Balaban J connectivity index is 2.14. The molecule has 0 saturated heterocycles. The van der Waals surface area contributed by atoms with Gasteiger partial charge in [0, 0.05) is 0 Å². The van der Waals surface area contributed by atoms with Crippen LogP contribution in [0.1, 0.15) is 12.5 Å². The van der Waals surface area contributed by atoms with Gasteiger partial charge >= 0.3 is 0 Å². The van der Waals surface area contributed by atoms with Crippen LogP contribution in [0.4, 0.5) is 0 Å². The van der Waals surface area contributed by atoms with Crippen molar-refractivity contribution < 1.29 is 5.11 Å². The fourth-order valence-corrected chi connectivity index (χ4v) is 1.81. The summed E-state index contributed by atoms with van der Waals surface area (Å²) in [5.74, 6) is 0. The Kier molecular flexibility index (Phi) is 3.37. The molecule has 1 aromatic rings. The van der Waals surface area contributed by atoms with Gasteiger partial charge in [-0.25, -0.2) is 0 Å². The summed E-state index contributed by atoms with van der Waals surface area (Å²) < 4.78 is 0. The summed E-state index contributed by atoms with van der Waals surface area (Å²) in [6, 6.07) is 10.4. The Morgan fingerprint density at radius 3 is 2.38 bits per heavy atom. The van der Waals surface area contributed by atoms with Crippen LogP contribution in [0.3, 0.4) is 0 Å².